The van der Waals surface area contributed by atoms with Gasteiger partial charge in [0.2, 0.25) is 0 Å². The summed E-state index contributed by atoms with van der Waals surface area (Å²) >= 11 is 0. The normalized spacial score (nSPS) is 45.6. The molecule has 0 aromatic carbocycles. The average Bonchev–Trinajstić information content (AvgIpc) is 2.97. The Bertz CT molecular complexity index is 1320. The second-order valence-electron chi connectivity index (χ2n) is 17.6. The molecular weight excluding hydrogens is 570 g/mol. The van der Waals surface area contributed by atoms with Gasteiger partial charge in [0.1, 0.15) is 0 Å². The number of hydrogen-bond donors (Lipinski definition) is 1. The molecule has 1 amide bonds. The SMILES string of the molecule is CC1(C)[C@@H](C(=O)OCC(=O)N2CCOCC2)CC[C@]2(C)[C@H]3C(=O)C=C4[C@@H]5C[C@@](C)(C(=O)O)CC[C@]5(C)CC[C@@]4(C)[C@]3(C)CC[C@@H]12. The Morgan fingerprint density at radius 2 is 1.60 bits per heavy atom. The van der Waals surface area contributed by atoms with E-state index in [1.165, 1.54) is 5.57 Å². The molecule has 0 radical (unpaired) electrons. The first-order valence-electron chi connectivity index (χ1n) is 17.4. The van der Waals surface area contributed by atoms with Gasteiger partial charge in [0.05, 0.1) is 24.5 Å². The van der Waals surface area contributed by atoms with Gasteiger partial charge in [-0.1, -0.05) is 47.1 Å². The highest BCUT2D eigenvalue weighted by Gasteiger charge is 2.70. The molecule has 1 N–H and O–H groups in total. The van der Waals surface area contributed by atoms with Crippen molar-refractivity contribution in [3.05, 3.63) is 11.6 Å². The van der Waals surface area contributed by atoms with Crippen LogP contribution in [0.15, 0.2) is 11.6 Å². The number of hydrogen-bond acceptors (Lipinski definition) is 6. The minimum Gasteiger partial charge on any atom is -0.481 e. The van der Waals surface area contributed by atoms with Gasteiger partial charge in [-0.15, -0.1) is 0 Å². The second kappa shape index (κ2) is 10.6. The standard InChI is InChI=1S/C37H55NO7/c1-32(2)23(30(41)45-22-28(40)38-16-18-44-19-17-38)8-10-35(5)27(32)9-11-37(7)29(35)26(39)20-24-25-21-34(4,31(42)43)13-12-33(25,3)14-15-36(24,37)6/h20,23,25,27,29H,8-19,21-22H2,1-7H3,(H,42,43)/t23-,25+,27+,29-,33-,34+,35+,36-,37-/m1/s1. The molecule has 1 aliphatic heterocycles. The third-order valence-corrected chi connectivity index (χ3v) is 15.1. The summed E-state index contributed by atoms with van der Waals surface area (Å²) in [7, 11) is 0. The summed E-state index contributed by atoms with van der Waals surface area (Å²) in [6.07, 6.45) is 9.46. The summed E-state index contributed by atoms with van der Waals surface area (Å²) in [5.74, 6) is -1.22. The van der Waals surface area contributed by atoms with Crippen LogP contribution in [0, 0.1) is 56.2 Å². The quantitative estimate of drug-likeness (QED) is 0.378. The third kappa shape index (κ3) is 4.69. The maximum atomic E-state index is 14.6. The van der Waals surface area contributed by atoms with Crippen LogP contribution < -0.4 is 0 Å². The van der Waals surface area contributed by atoms with Gasteiger partial charge < -0.3 is 19.5 Å². The van der Waals surface area contributed by atoms with Crippen molar-refractivity contribution in [1.29, 1.82) is 0 Å². The fourth-order valence-corrected chi connectivity index (χ4v) is 11.9. The van der Waals surface area contributed by atoms with Gasteiger partial charge in [-0.05, 0) is 110 Å². The molecule has 250 valence electrons. The number of amides is 1. The topological polar surface area (TPSA) is 110 Å². The summed E-state index contributed by atoms with van der Waals surface area (Å²) in [5.41, 5.74) is -0.619. The van der Waals surface area contributed by atoms with E-state index in [0.717, 1.165) is 38.5 Å². The largest absolute Gasteiger partial charge is 0.481 e. The molecule has 1 saturated heterocycles. The zero-order chi connectivity index (χ0) is 32.8. The number of rotatable bonds is 4. The van der Waals surface area contributed by atoms with Crippen LogP contribution in [0.4, 0.5) is 0 Å². The molecule has 5 aliphatic carbocycles. The van der Waals surface area contributed by atoms with Crippen LogP contribution in [0.25, 0.3) is 0 Å². The van der Waals surface area contributed by atoms with E-state index >= 15 is 0 Å². The molecule has 0 aromatic heterocycles. The number of carboxylic acid groups (broad SMARTS) is 1. The molecule has 4 saturated carbocycles. The highest BCUT2D eigenvalue weighted by Crippen LogP contribution is 2.75. The van der Waals surface area contributed by atoms with E-state index in [-0.39, 0.29) is 69.6 Å². The fraction of sp³-hybridized carbons (Fsp3) is 0.838. The molecule has 1 heterocycles. The van der Waals surface area contributed by atoms with E-state index in [4.69, 9.17) is 9.47 Å². The number of allylic oxidation sites excluding steroid dienone is 2. The molecule has 9 atom stereocenters. The summed E-state index contributed by atoms with van der Waals surface area (Å²) in [6, 6.07) is 0. The van der Waals surface area contributed by atoms with E-state index in [1.807, 2.05) is 13.0 Å². The van der Waals surface area contributed by atoms with Crippen LogP contribution in [-0.2, 0) is 28.7 Å². The maximum absolute atomic E-state index is 14.6. The number of nitrogens with zero attached hydrogens (tertiary/aromatic N) is 1. The molecule has 0 spiro atoms. The van der Waals surface area contributed by atoms with Crippen LogP contribution in [0.3, 0.4) is 0 Å². The predicted octanol–water partition coefficient (Wildman–Crippen LogP) is 6.07. The minimum atomic E-state index is -0.766. The number of fused-ring (bicyclic) bond motifs is 7. The first kappa shape index (κ1) is 32.7. The lowest BCUT2D eigenvalue weighted by Crippen LogP contribution is -2.66. The van der Waals surface area contributed by atoms with Crippen LogP contribution in [0.1, 0.15) is 106 Å². The molecule has 6 aliphatic rings. The van der Waals surface area contributed by atoms with Gasteiger partial charge in [-0.3, -0.25) is 19.2 Å². The Kier molecular flexibility index (Phi) is 7.74. The van der Waals surface area contributed by atoms with Gasteiger partial charge in [-0.25, -0.2) is 0 Å². The predicted molar refractivity (Wildman–Crippen MR) is 169 cm³/mol. The molecule has 5 fully saturated rings. The Balaban J connectivity index is 1.27. The second-order valence-corrected chi connectivity index (χ2v) is 17.6. The number of ketones is 1. The zero-order valence-electron chi connectivity index (χ0n) is 28.6. The number of esters is 1. The minimum absolute atomic E-state index is 0.0223. The average molecular weight is 626 g/mol. The van der Waals surface area contributed by atoms with E-state index in [2.05, 4.69) is 41.5 Å². The van der Waals surface area contributed by atoms with Crippen molar-refractivity contribution in [3.8, 4) is 0 Å². The van der Waals surface area contributed by atoms with Crippen molar-refractivity contribution in [3.63, 3.8) is 0 Å². The van der Waals surface area contributed by atoms with Gasteiger partial charge in [0.15, 0.2) is 12.4 Å². The molecule has 0 unspecified atom stereocenters. The summed E-state index contributed by atoms with van der Waals surface area (Å²) in [5, 5.41) is 10.2. The first-order valence-corrected chi connectivity index (χ1v) is 17.4. The van der Waals surface area contributed by atoms with Gasteiger partial charge in [-0.2, -0.15) is 0 Å². The Labute approximate surface area is 269 Å². The maximum Gasteiger partial charge on any atom is 0.309 e. The smallest absolute Gasteiger partial charge is 0.309 e. The van der Waals surface area contributed by atoms with Crippen LogP contribution in [0.5, 0.6) is 0 Å². The number of aliphatic carboxylic acids is 1. The molecule has 0 aromatic rings. The molecule has 8 heteroatoms. The van der Waals surface area contributed by atoms with E-state index < -0.39 is 16.8 Å². The van der Waals surface area contributed by atoms with E-state index in [1.54, 1.807) is 4.90 Å². The van der Waals surface area contributed by atoms with Gasteiger partial charge in [0.25, 0.3) is 5.91 Å². The number of morpholine rings is 1. The molecule has 6 rings (SSSR count). The Morgan fingerprint density at radius 3 is 2.27 bits per heavy atom. The zero-order valence-corrected chi connectivity index (χ0v) is 28.6. The van der Waals surface area contributed by atoms with Crippen LogP contribution >= 0.6 is 0 Å². The summed E-state index contributed by atoms with van der Waals surface area (Å²) in [6.45, 7) is 17.4. The van der Waals surface area contributed by atoms with Crippen molar-refractivity contribution < 1.29 is 33.8 Å². The highest BCUT2D eigenvalue weighted by molar-refractivity contribution is 5.96. The van der Waals surface area contributed by atoms with E-state index in [0.29, 0.717) is 45.6 Å². The number of carboxylic acids is 1. The van der Waals surface area contributed by atoms with Gasteiger partial charge >= 0.3 is 11.9 Å². The molecule has 45 heavy (non-hydrogen) atoms. The number of carbonyl (C=O) groups is 4. The lowest BCUT2D eigenvalue weighted by atomic mass is 9.33. The molecule has 0 bridgehead atoms. The summed E-state index contributed by atoms with van der Waals surface area (Å²) in [4.78, 5) is 54.9. The van der Waals surface area contributed by atoms with Crippen molar-refractivity contribution in [1.82, 2.24) is 4.90 Å². The highest BCUT2D eigenvalue weighted by atomic mass is 16.5. The van der Waals surface area contributed by atoms with Crippen LogP contribution in [0.2, 0.25) is 0 Å². The van der Waals surface area contributed by atoms with Crippen LogP contribution in [-0.4, -0.2) is 66.5 Å². The third-order valence-electron chi connectivity index (χ3n) is 15.1. The molecular formula is C37H55NO7. The van der Waals surface area contributed by atoms with Gasteiger partial charge in [0, 0.05) is 19.0 Å². The fourth-order valence-electron chi connectivity index (χ4n) is 11.9. The monoisotopic (exact) mass is 625 g/mol. The lowest BCUT2D eigenvalue weighted by Gasteiger charge is -2.70. The van der Waals surface area contributed by atoms with Crippen molar-refractivity contribution in [2.75, 3.05) is 32.9 Å². The number of carbonyl (C=O) groups excluding carboxylic acids is 3. The molecule has 8 nitrogen and oxygen atoms in total. The van der Waals surface area contributed by atoms with Crippen molar-refractivity contribution in [2.24, 2.45) is 56.2 Å². The Hall–Kier alpha value is -2.22. The first-order chi connectivity index (χ1) is 20.9. The number of ether oxygens (including phenoxy) is 2. The van der Waals surface area contributed by atoms with E-state index in [9.17, 15) is 24.3 Å². The Morgan fingerprint density at radius 1 is 0.933 bits per heavy atom. The van der Waals surface area contributed by atoms with Crippen molar-refractivity contribution >= 4 is 23.6 Å². The summed E-state index contributed by atoms with van der Waals surface area (Å²) < 4.78 is 11.0. The van der Waals surface area contributed by atoms with Crippen molar-refractivity contribution in [2.45, 2.75) is 106 Å². The lowest BCUT2D eigenvalue weighted by molar-refractivity contribution is -0.200.